The third-order valence-electron chi connectivity index (χ3n) is 2.90. The molecule has 0 aliphatic rings. The van der Waals surface area contributed by atoms with Gasteiger partial charge in [0.25, 0.3) is 0 Å². The van der Waals surface area contributed by atoms with Crippen molar-refractivity contribution >= 4 is 5.97 Å². The van der Waals surface area contributed by atoms with E-state index in [4.69, 9.17) is 13.9 Å². The molecular formula is C13H15NO4. The van der Waals surface area contributed by atoms with Gasteiger partial charge in [-0.3, -0.25) is 4.90 Å². The van der Waals surface area contributed by atoms with Gasteiger partial charge in [-0.05, 0) is 38.2 Å². The Morgan fingerprint density at radius 1 is 1.44 bits per heavy atom. The zero-order valence-corrected chi connectivity index (χ0v) is 10.3. The fourth-order valence-corrected chi connectivity index (χ4v) is 1.69. The third-order valence-corrected chi connectivity index (χ3v) is 2.90. The van der Waals surface area contributed by atoms with Gasteiger partial charge in [-0.25, -0.2) is 4.79 Å². The zero-order valence-electron chi connectivity index (χ0n) is 10.3. The summed E-state index contributed by atoms with van der Waals surface area (Å²) in [6, 6.07) is 6.86. The van der Waals surface area contributed by atoms with Crippen LogP contribution in [0.1, 0.15) is 35.0 Å². The second-order valence-corrected chi connectivity index (χ2v) is 4.18. The van der Waals surface area contributed by atoms with Gasteiger partial charge in [0.15, 0.2) is 0 Å². The smallest absolute Gasteiger partial charge is 0.371 e. The minimum Gasteiger partial charge on any atom is -0.475 e. The minimum absolute atomic E-state index is 0.0248. The summed E-state index contributed by atoms with van der Waals surface area (Å²) in [5, 5.41) is 8.80. The summed E-state index contributed by atoms with van der Waals surface area (Å²) in [4.78, 5) is 12.8. The molecule has 0 bridgehead atoms. The fraction of sp³-hybridized carbons (Fsp3) is 0.308. The monoisotopic (exact) mass is 249 g/mol. The molecule has 2 aromatic rings. The van der Waals surface area contributed by atoms with E-state index in [1.807, 2.05) is 31.0 Å². The first-order valence-corrected chi connectivity index (χ1v) is 5.63. The lowest BCUT2D eigenvalue weighted by molar-refractivity contribution is 0.0656. The first kappa shape index (κ1) is 12.4. The molecule has 5 nitrogen and oxygen atoms in total. The first-order chi connectivity index (χ1) is 8.58. The lowest BCUT2D eigenvalue weighted by atomic mass is 10.2. The molecule has 2 rings (SSSR count). The maximum atomic E-state index is 10.7. The molecule has 1 unspecified atom stereocenters. The maximum absolute atomic E-state index is 10.7. The Morgan fingerprint density at radius 2 is 2.22 bits per heavy atom. The highest BCUT2D eigenvalue weighted by Crippen LogP contribution is 2.23. The van der Waals surface area contributed by atoms with E-state index < -0.39 is 5.97 Å². The van der Waals surface area contributed by atoms with Crippen molar-refractivity contribution in [3.63, 3.8) is 0 Å². The highest BCUT2D eigenvalue weighted by molar-refractivity contribution is 5.84. The van der Waals surface area contributed by atoms with Gasteiger partial charge in [0.05, 0.1) is 18.8 Å². The number of rotatable bonds is 5. The van der Waals surface area contributed by atoms with Crippen LogP contribution >= 0.6 is 0 Å². The Morgan fingerprint density at radius 3 is 2.78 bits per heavy atom. The Bertz CT molecular complexity index is 515. The van der Waals surface area contributed by atoms with Gasteiger partial charge < -0.3 is 13.9 Å². The summed E-state index contributed by atoms with van der Waals surface area (Å²) in [6.45, 7) is 2.59. The first-order valence-electron chi connectivity index (χ1n) is 5.63. The molecule has 2 heterocycles. The number of carboxylic acid groups (broad SMARTS) is 1. The summed E-state index contributed by atoms with van der Waals surface area (Å²) in [5.41, 5.74) is 0. The van der Waals surface area contributed by atoms with Crippen LogP contribution in [-0.2, 0) is 6.54 Å². The molecule has 0 aliphatic carbocycles. The van der Waals surface area contributed by atoms with Crippen LogP contribution in [0.15, 0.2) is 39.4 Å². The summed E-state index contributed by atoms with van der Waals surface area (Å²) in [6.07, 6.45) is 1.63. The van der Waals surface area contributed by atoms with E-state index in [0.29, 0.717) is 12.3 Å². The molecule has 0 radical (unpaired) electrons. The number of hydrogen-bond acceptors (Lipinski definition) is 4. The average molecular weight is 249 g/mol. The van der Waals surface area contributed by atoms with Crippen LogP contribution in [0.25, 0.3) is 0 Å². The molecular weight excluding hydrogens is 234 g/mol. The SMILES string of the molecule is CC(c1ccc(C(=O)O)o1)N(C)Cc1ccco1. The molecule has 18 heavy (non-hydrogen) atoms. The Labute approximate surface area is 105 Å². The standard InChI is InChI=1S/C13H15NO4/c1-9(11-5-6-12(18-11)13(15)16)14(2)8-10-4-3-7-17-10/h3-7,9H,8H2,1-2H3,(H,15,16). The molecule has 1 atom stereocenters. The predicted octanol–water partition coefficient (Wildman–Crippen LogP) is 2.76. The molecule has 0 spiro atoms. The number of carbonyl (C=O) groups is 1. The Kier molecular flexibility index (Phi) is 3.53. The van der Waals surface area contributed by atoms with Crippen molar-refractivity contribution < 1.29 is 18.7 Å². The van der Waals surface area contributed by atoms with Crippen LogP contribution in [0, 0.1) is 0 Å². The maximum Gasteiger partial charge on any atom is 0.371 e. The molecule has 0 aliphatic heterocycles. The lowest BCUT2D eigenvalue weighted by Gasteiger charge is -2.21. The van der Waals surface area contributed by atoms with Crippen molar-refractivity contribution in [2.45, 2.75) is 19.5 Å². The zero-order chi connectivity index (χ0) is 13.1. The van der Waals surface area contributed by atoms with Crippen LogP contribution in [-0.4, -0.2) is 23.0 Å². The van der Waals surface area contributed by atoms with E-state index in [-0.39, 0.29) is 11.8 Å². The van der Waals surface area contributed by atoms with Crippen LogP contribution < -0.4 is 0 Å². The minimum atomic E-state index is -1.05. The van der Waals surface area contributed by atoms with Gasteiger partial charge in [-0.15, -0.1) is 0 Å². The number of furan rings is 2. The molecule has 0 amide bonds. The van der Waals surface area contributed by atoms with Crippen molar-refractivity contribution in [3.05, 3.63) is 47.8 Å². The van der Waals surface area contributed by atoms with E-state index in [9.17, 15) is 4.79 Å². The van der Waals surface area contributed by atoms with E-state index in [0.717, 1.165) is 5.76 Å². The molecule has 1 N–H and O–H groups in total. The largest absolute Gasteiger partial charge is 0.475 e. The molecule has 96 valence electrons. The lowest BCUT2D eigenvalue weighted by Crippen LogP contribution is -2.21. The summed E-state index contributed by atoms with van der Waals surface area (Å²) >= 11 is 0. The Hall–Kier alpha value is -2.01. The van der Waals surface area contributed by atoms with Crippen molar-refractivity contribution in [1.29, 1.82) is 0 Å². The summed E-state index contributed by atoms with van der Waals surface area (Å²) in [5.74, 6) is 0.390. The van der Waals surface area contributed by atoms with Crippen molar-refractivity contribution in [1.82, 2.24) is 4.90 Å². The van der Waals surface area contributed by atoms with Gasteiger partial charge in [-0.1, -0.05) is 0 Å². The number of nitrogens with zero attached hydrogens (tertiary/aromatic N) is 1. The second-order valence-electron chi connectivity index (χ2n) is 4.18. The van der Waals surface area contributed by atoms with Gasteiger partial charge in [0.1, 0.15) is 11.5 Å². The normalized spacial score (nSPS) is 12.8. The molecule has 0 saturated heterocycles. The molecule has 5 heteroatoms. The van der Waals surface area contributed by atoms with Crippen LogP contribution in [0.2, 0.25) is 0 Å². The third kappa shape index (κ3) is 2.62. The molecule has 0 fully saturated rings. The highest BCUT2D eigenvalue weighted by atomic mass is 16.4. The van der Waals surface area contributed by atoms with Gasteiger partial charge in [0, 0.05) is 0 Å². The van der Waals surface area contributed by atoms with E-state index in [2.05, 4.69) is 0 Å². The quantitative estimate of drug-likeness (QED) is 0.882. The van der Waals surface area contributed by atoms with Crippen LogP contribution in [0.3, 0.4) is 0 Å². The number of carboxylic acids is 1. The van der Waals surface area contributed by atoms with Crippen molar-refractivity contribution in [2.75, 3.05) is 7.05 Å². The van der Waals surface area contributed by atoms with Gasteiger partial charge in [-0.2, -0.15) is 0 Å². The number of hydrogen-bond donors (Lipinski definition) is 1. The summed E-state index contributed by atoms with van der Waals surface area (Å²) < 4.78 is 10.5. The van der Waals surface area contributed by atoms with Crippen LogP contribution in [0.4, 0.5) is 0 Å². The fourth-order valence-electron chi connectivity index (χ4n) is 1.69. The van der Waals surface area contributed by atoms with Crippen molar-refractivity contribution in [2.24, 2.45) is 0 Å². The number of aromatic carboxylic acids is 1. The van der Waals surface area contributed by atoms with E-state index >= 15 is 0 Å². The average Bonchev–Trinajstić information content (AvgIpc) is 2.98. The highest BCUT2D eigenvalue weighted by Gasteiger charge is 2.18. The Balaban J connectivity index is 2.05. The van der Waals surface area contributed by atoms with Crippen LogP contribution in [0.5, 0.6) is 0 Å². The van der Waals surface area contributed by atoms with E-state index in [1.165, 1.54) is 6.07 Å². The predicted molar refractivity (Wildman–Crippen MR) is 64.3 cm³/mol. The molecule has 0 saturated carbocycles. The molecule has 0 aromatic carbocycles. The summed E-state index contributed by atoms with van der Waals surface area (Å²) in [7, 11) is 1.93. The topological polar surface area (TPSA) is 66.8 Å². The molecule has 2 aromatic heterocycles. The van der Waals surface area contributed by atoms with Crippen molar-refractivity contribution in [3.8, 4) is 0 Å². The van der Waals surface area contributed by atoms with Gasteiger partial charge in [0.2, 0.25) is 5.76 Å². The second kappa shape index (κ2) is 5.10. The van der Waals surface area contributed by atoms with Gasteiger partial charge >= 0.3 is 5.97 Å². The van der Waals surface area contributed by atoms with E-state index in [1.54, 1.807) is 12.3 Å².